The van der Waals surface area contributed by atoms with E-state index in [-0.39, 0.29) is 0 Å². The third-order valence-corrected chi connectivity index (χ3v) is 2.50. The van der Waals surface area contributed by atoms with Crippen LogP contribution in [0.2, 0.25) is 0 Å². The second-order valence-electron chi connectivity index (χ2n) is 3.56. The molecule has 1 fully saturated rings. The Hall–Kier alpha value is -0.0400. The Balaban J connectivity index is 2.35. The van der Waals surface area contributed by atoms with Gasteiger partial charge in [0, 0.05) is 6.04 Å². The predicted octanol–water partition coefficient (Wildman–Crippen LogP) is 1.77. The quantitative estimate of drug-likeness (QED) is 0.527. The van der Waals surface area contributed by atoms with Crippen molar-refractivity contribution in [2.24, 2.45) is 17.6 Å². The lowest BCUT2D eigenvalue weighted by atomic mass is 9.80. The molecule has 0 aromatic heterocycles. The molecule has 0 bridgehead atoms. The molecule has 0 aliphatic heterocycles. The minimum absolute atomic E-state index is 0.487. The number of rotatable bonds is 0. The van der Waals surface area contributed by atoms with E-state index in [0.29, 0.717) is 6.04 Å². The molecule has 0 saturated heterocycles. The predicted molar refractivity (Wildman–Crippen MR) is 40.2 cm³/mol. The first-order valence-electron chi connectivity index (χ1n) is 3.95. The average Bonchev–Trinajstić information content (AvgIpc) is 1.80. The summed E-state index contributed by atoms with van der Waals surface area (Å²) in [7, 11) is 0. The summed E-state index contributed by atoms with van der Waals surface area (Å²) in [5.74, 6) is 1.67. The minimum atomic E-state index is 0.487. The van der Waals surface area contributed by atoms with Crippen LogP contribution in [0.15, 0.2) is 0 Å². The summed E-state index contributed by atoms with van der Waals surface area (Å²) < 4.78 is 0. The van der Waals surface area contributed by atoms with Crippen LogP contribution in [0.4, 0.5) is 0 Å². The van der Waals surface area contributed by atoms with E-state index in [1.165, 1.54) is 19.3 Å². The van der Waals surface area contributed by atoms with Crippen molar-refractivity contribution in [3.8, 4) is 0 Å². The summed E-state index contributed by atoms with van der Waals surface area (Å²) in [5.41, 5.74) is 5.84. The van der Waals surface area contributed by atoms with Crippen molar-refractivity contribution in [2.75, 3.05) is 0 Å². The van der Waals surface area contributed by atoms with Gasteiger partial charge in [0.25, 0.3) is 0 Å². The van der Waals surface area contributed by atoms with Crippen molar-refractivity contribution in [2.45, 2.75) is 39.2 Å². The van der Waals surface area contributed by atoms with Crippen LogP contribution in [0.3, 0.4) is 0 Å². The van der Waals surface area contributed by atoms with Crippen LogP contribution in [-0.4, -0.2) is 6.04 Å². The highest BCUT2D eigenvalue weighted by molar-refractivity contribution is 4.77. The third kappa shape index (κ3) is 1.68. The third-order valence-electron chi connectivity index (χ3n) is 2.50. The minimum Gasteiger partial charge on any atom is -0.327 e. The van der Waals surface area contributed by atoms with Crippen LogP contribution in [-0.2, 0) is 0 Å². The molecule has 1 nitrogen and oxygen atoms in total. The van der Waals surface area contributed by atoms with Gasteiger partial charge in [0.15, 0.2) is 0 Å². The highest BCUT2D eigenvalue weighted by Crippen LogP contribution is 2.26. The maximum Gasteiger partial charge on any atom is 0.00647 e. The monoisotopic (exact) mass is 127 g/mol. The first-order valence-corrected chi connectivity index (χ1v) is 3.95. The fourth-order valence-corrected chi connectivity index (χ4v) is 1.69. The van der Waals surface area contributed by atoms with E-state index in [4.69, 9.17) is 5.73 Å². The molecular weight excluding hydrogens is 110 g/mol. The molecule has 1 aliphatic carbocycles. The van der Waals surface area contributed by atoms with Gasteiger partial charge >= 0.3 is 0 Å². The molecule has 1 saturated carbocycles. The molecule has 2 N–H and O–H groups in total. The zero-order valence-electron chi connectivity index (χ0n) is 6.43. The van der Waals surface area contributed by atoms with Gasteiger partial charge in [0.05, 0.1) is 0 Å². The van der Waals surface area contributed by atoms with Gasteiger partial charge in [-0.1, -0.05) is 13.8 Å². The van der Waals surface area contributed by atoms with Crippen LogP contribution in [0.1, 0.15) is 33.1 Å². The summed E-state index contributed by atoms with van der Waals surface area (Å²) >= 11 is 0. The molecule has 2 unspecified atom stereocenters. The number of hydrogen-bond acceptors (Lipinski definition) is 1. The second-order valence-corrected chi connectivity index (χ2v) is 3.56. The van der Waals surface area contributed by atoms with Gasteiger partial charge in [-0.3, -0.25) is 0 Å². The summed E-state index contributed by atoms with van der Waals surface area (Å²) in [5, 5.41) is 0. The Bertz CT molecular complexity index is 90.6. The molecule has 54 valence electrons. The zero-order valence-corrected chi connectivity index (χ0v) is 6.43. The first kappa shape index (κ1) is 7.07. The highest BCUT2D eigenvalue weighted by atomic mass is 14.7. The van der Waals surface area contributed by atoms with Crippen molar-refractivity contribution >= 4 is 0 Å². The molecule has 1 rings (SSSR count). The lowest BCUT2D eigenvalue weighted by Crippen LogP contribution is -2.33. The van der Waals surface area contributed by atoms with Gasteiger partial charge in [0.2, 0.25) is 0 Å². The first-order chi connectivity index (χ1) is 4.20. The van der Waals surface area contributed by atoms with Gasteiger partial charge in [-0.05, 0) is 31.1 Å². The van der Waals surface area contributed by atoms with Crippen LogP contribution in [0, 0.1) is 11.8 Å². The van der Waals surface area contributed by atoms with Crippen LogP contribution in [0.5, 0.6) is 0 Å². The lowest BCUT2D eigenvalue weighted by Gasteiger charge is -2.29. The zero-order chi connectivity index (χ0) is 6.85. The van der Waals surface area contributed by atoms with Gasteiger partial charge in [-0.25, -0.2) is 0 Å². The Morgan fingerprint density at radius 2 is 1.89 bits per heavy atom. The molecule has 0 spiro atoms. The fraction of sp³-hybridized carbons (Fsp3) is 1.00. The standard InChI is InChI=1S/C8H17N/c1-6-3-4-8(9)7(2)5-6/h6-8H,3-5,9H2,1-2H3/t6?,7?,8-/m0/s1. The molecule has 3 atom stereocenters. The smallest absolute Gasteiger partial charge is 0.00647 e. The molecule has 0 heterocycles. The second kappa shape index (κ2) is 2.70. The van der Waals surface area contributed by atoms with Gasteiger partial charge in [0.1, 0.15) is 0 Å². The van der Waals surface area contributed by atoms with E-state index in [1.54, 1.807) is 0 Å². The molecule has 0 radical (unpaired) electrons. The van der Waals surface area contributed by atoms with Crippen molar-refractivity contribution < 1.29 is 0 Å². The summed E-state index contributed by atoms with van der Waals surface area (Å²) in [6.07, 6.45) is 3.91. The summed E-state index contributed by atoms with van der Waals surface area (Å²) in [6.45, 7) is 4.59. The molecule has 1 heteroatoms. The van der Waals surface area contributed by atoms with E-state index >= 15 is 0 Å². The van der Waals surface area contributed by atoms with Crippen molar-refractivity contribution in [3.05, 3.63) is 0 Å². The topological polar surface area (TPSA) is 26.0 Å². The Morgan fingerprint density at radius 3 is 2.33 bits per heavy atom. The van der Waals surface area contributed by atoms with E-state index in [0.717, 1.165) is 11.8 Å². The van der Waals surface area contributed by atoms with E-state index in [2.05, 4.69) is 13.8 Å². The molecule has 0 aromatic carbocycles. The molecule has 9 heavy (non-hydrogen) atoms. The Kier molecular flexibility index (Phi) is 2.12. The fourth-order valence-electron chi connectivity index (χ4n) is 1.69. The Labute approximate surface area is 57.6 Å². The largest absolute Gasteiger partial charge is 0.327 e. The molecule has 1 aliphatic rings. The van der Waals surface area contributed by atoms with Gasteiger partial charge in [-0.2, -0.15) is 0 Å². The van der Waals surface area contributed by atoms with Gasteiger partial charge < -0.3 is 5.73 Å². The molecule has 0 aromatic rings. The molecule has 0 amide bonds. The SMILES string of the molecule is CC1CC[C@H](N)C(C)C1. The normalized spacial score (nSPS) is 45.0. The van der Waals surface area contributed by atoms with Crippen molar-refractivity contribution in [1.29, 1.82) is 0 Å². The maximum absolute atomic E-state index is 5.84. The van der Waals surface area contributed by atoms with Crippen LogP contribution in [0.25, 0.3) is 0 Å². The van der Waals surface area contributed by atoms with E-state index in [9.17, 15) is 0 Å². The number of hydrogen-bond donors (Lipinski definition) is 1. The average molecular weight is 127 g/mol. The summed E-state index contributed by atoms with van der Waals surface area (Å²) in [6, 6.07) is 0.487. The molecular formula is C8H17N. The lowest BCUT2D eigenvalue weighted by molar-refractivity contribution is 0.263. The summed E-state index contributed by atoms with van der Waals surface area (Å²) in [4.78, 5) is 0. The van der Waals surface area contributed by atoms with Crippen LogP contribution < -0.4 is 5.73 Å². The van der Waals surface area contributed by atoms with E-state index in [1.807, 2.05) is 0 Å². The highest BCUT2D eigenvalue weighted by Gasteiger charge is 2.21. The maximum atomic E-state index is 5.84. The van der Waals surface area contributed by atoms with Crippen LogP contribution >= 0.6 is 0 Å². The van der Waals surface area contributed by atoms with E-state index < -0.39 is 0 Å². The van der Waals surface area contributed by atoms with Crippen molar-refractivity contribution in [1.82, 2.24) is 0 Å². The Morgan fingerprint density at radius 1 is 1.22 bits per heavy atom. The van der Waals surface area contributed by atoms with Gasteiger partial charge in [-0.15, -0.1) is 0 Å². The van der Waals surface area contributed by atoms with Crippen molar-refractivity contribution in [3.63, 3.8) is 0 Å². The number of nitrogens with two attached hydrogens (primary N) is 1.